The van der Waals surface area contributed by atoms with Crippen LogP contribution in [0.3, 0.4) is 0 Å². The number of aliphatic hydroxyl groups excluding tert-OH is 1. The van der Waals surface area contributed by atoms with Gasteiger partial charge in [-0.05, 0) is 43.4 Å². The molecule has 0 bridgehead atoms. The average molecular weight is 265 g/mol. The fraction of sp³-hybridized carbons (Fsp3) is 0.600. The Morgan fingerprint density at radius 3 is 2.79 bits per heavy atom. The van der Waals surface area contributed by atoms with Crippen molar-refractivity contribution in [2.45, 2.75) is 37.3 Å². The summed E-state index contributed by atoms with van der Waals surface area (Å²) in [6.07, 6.45) is 2.13. The monoisotopic (exact) mass is 265 g/mol. The Kier molecular flexibility index (Phi) is 4.45. The molecule has 106 valence electrons. The molecule has 4 heteroatoms. The van der Waals surface area contributed by atoms with Crippen molar-refractivity contribution >= 4 is 0 Å². The third-order valence-corrected chi connectivity index (χ3v) is 3.82. The zero-order valence-electron chi connectivity index (χ0n) is 11.6. The Labute approximate surface area is 114 Å². The van der Waals surface area contributed by atoms with Crippen LogP contribution in [0.5, 0.6) is 5.75 Å². The van der Waals surface area contributed by atoms with E-state index in [0.717, 1.165) is 18.6 Å². The Morgan fingerprint density at radius 1 is 1.42 bits per heavy atom. The van der Waals surface area contributed by atoms with E-state index in [2.05, 4.69) is 17.4 Å². The van der Waals surface area contributed by atoms with Gasteiger partial charge < -0.3 is 20.3 Å². The fourth-order valence-corrected chi connectivity index (χ4v) is 2.37. The van der Waals surface area contributed by atoms with Crippen molar-refractivity contribution in [2.75, 3.05) is 20.3 Å². The van der Waals surface area contributed by atoms with Crippen molar-refractivity contribution in [3.63, 3.8) is 0 Å². The van der Waals surface area contributed by atoms with E-state index in [4.69, 9.17) is 9.84 Å². The average Bonchev–Trinajstić information content (AvgIpc) is 2.37. The molecule has 19 heavy (non-hydrogen) atoms. The van der Waals surface area contributed by atoms with Crippen LogP contribution in [0.2, 0.25) is 0 Å². The summed E-state index contributed by atoms with van der Waals surface area (Å²) in [4.78, 5) is 0. The van der Waals surface area contributed by atoms with Crippen LogP contribution >= 0.6 is 0 Å². The lowest BCUT2D eigenvalue weighted by Gasteiger charge is -2.38. The molecular weight excluding hydrogens is 242 g/mol. The molecule has 3 N–H and O–H groups in total. The van der Waals surface area contributed by atoms with Gasteiger partial charge in [-0.15, -0.1) is 0 Å². The van der Waals surface area contributed by atoms with Crippen molar-refractivity contribution in [1.29, 1.82) is 0 Å². The molecule has 0 aliphatic heterocycles. The van der Waals surface area contributed by atoms with Gasteiger partial charge >= 0.3 is 0 Å². The molecule has 0 heterocycles. The summed E-state index contributed by atoms with van der Waals surface area (Å²) in [5.74, 6) is 1.46. The van der Waals surface area contributed by atoms with E-state index in [1.54, 1.807) is 14.0 Å². The highest BCUT2D eigenvalue weighted by molar-refractivity contribution is 5.32. The van der Waals surface area contributed by atoms with Crippen molar-refractivity contribution < 1.29 is 14.9 Å². The minimum absolute atomic E-state index is 0.216. The quantitative estimate of drug-likeness (QED) is 0.725. The number of hydrogen-bond donors (Lipinski definition) is 3. The van der Waals surface area contributed by atoms with Crippen LogP contribution in [0.15, 0.2) is 24.3 Å². The zero-order chi connectivity index (χ0) is 13.9. The Bertz CT molecular complexity index is 414. The molecule has 0 spiro atoms. The first-order chi connectivity index (χ1) is 9.04. The van der Waals surface area contributed by atoms with Crippen molar-refractivity contribution in [2.24, 2.45) is 0 Å². The summed E-state index contributed by atoms with van der Waals surface area (Å²) < 4.78 is 5.23. The Hall–Kier alpha value is -1.10. The maximum Gasteiger partial charge on any atom is 0.119 e. The lowest BCUT2D eigenvalue weighted by Crippen LogP contribution is -2.48. The van der Waals surface area contributed by atoms with Crippen LogP contribution in [0.1, 0.15) is 31.2 Å². The van der Waals surface area contributed by atoms with Gasteiger partial charge in [0.1, 0.15) is 5.75 Å². The fourth-order valence-electron chi connectivity index (χ4n) is 2.37. The van der Waals surface area contributed by atoms with Gasteiger partial charge in [-0.25, -0.2) is 0 Å². The predicted octanol–water partition coefficient (Wildman–Crippen LogP) is 1.27. The first-order valence-corrected chi connectivity index (χ1v) is 6.74. The molecule has 0 saturated heterocycles. The van der Waals surface area contributed by atoms with Gasteiger partial charge in [-0.2, -0.15) is 0 Å². The highest BCUT2D eigenvalue weighted by atomic mass is 16.5. The smallest absolute Gasteiger partial charge is 0.119 e. The van der Waals surface area contributed by atoms with Gasteiger partial charge in [0.25, 0.3) is 0 Å². The second-order valence-corrected chi connectivity index (χ2v) is 5.68. The molecule has 1 aliphatic rings. The highest BCUT2D eigenvalue weighted by Gasteiger charge is 2.31. The molecule has 4 nitrogen and oxygen atoms in total. The molecule has 1 aliphatic carbocycles. The SMILES string of the molecule is COc1cccc(C2CC(NCC(C)(O)CO)C2)c1. The summed E-state index contributed by atoms with van der Waals surface area (Å²) in [7, 11) is 1.68. The van der Waals surface area contributed by atoms with Gasteiger partial charge in [0, 0.05) is 12.6 Å². The first-order valence-electron chi connectivity index (χ1n) is 6.74. The third-order valence-electron chi connectivity index (χ3n) is 3.82. The van der Waals surface area contributed by atoms with Gasteiger partial charge in [-0.3, -0.25) is 0 Å². The number of methoxy groups -OCH3 is 1. The van der Waals surface area contributed by atoms with Crippen LogP contribution in [0, 0.1) is 0 Å². The van der Waals surface area contributed by atoms with E-state index in [1.165, 1.54) is 5.56 Å². The number of hydrogen-bond acceptors (Lipinski definition) is 4. The number of benzene rings is 1. The normalized spacial score (nSPS) is 25.5. The van der Waals surface area contributed by atoms with E-state index in [9.17, 15) is 5.11 Å². The van der Waals surface area contributed by atoms with Crippen LogP contribution in [-0.2, 0) is 0 Å². The summed E-state index contributed by atoms with van der Waals surface area (Å²) in [5, 5.41) is 22.0. The lowest BCUT2D eigenvalue weighted by atomic mass is 9.75. The van der Waals surface area contributed by atoms with Crippen molar-refractivity contribution in [3.8, 4) is 5.75 Å². The molecule has 1 aromatic carbocycles. The number of aliphatic hydroxyl groups is 2. The molecule has 0 radical (unpaired) electrons. The highest BCUT2D eigenvalue weighted by Crippen LogP contribution is 2.37. The topological polar surface area (TPSA) is 61.7 Å². The standard InChI is InChI=1S/C15H23NO3/c1-15(18,10-17)9-16-13-6-12(7-13)11-4-3-5-14(8-11)19-2/h3-5,8,12-13,16-18H,6-7,9-10H2,1-2H3. The summed E-state index contributed by atoms with van der Waals surface area (Å²) in [5.41, 5.74) is 0.285. The van der Waals surface area contributed by atoms with Gasteiger partial charge in [0.15, 0.2) is 0 Å². The molecule has 1 fully saturated rings. The van der Waals surface area contributed by atoms with Crippen LogP contribution in [0.4, 0.5) is 0 Å². The molecule has 1 aromatic rings. The van der Waals surface area contributed by atoms with E-state index < -0.39 is 5.60 Å². The van der Waals surface area contributed by atoms with Crippen LogP contribution in [0.25, 0.3) is 0 Å². The molecular formula is C15H23NO3. The lowest BCUT2D eigenvalue weighted by molar-refractivity contribution is -0.00185. The van der Waals surface area contributed by atoms with Crippen LogP contribution in [-0.4, -0.2) is 42.1 Å². The maximum absolute atomic E-state index is 9.71. The number of nitrogens with one attached hydrogen (secondary N) is 1. The summed E-state index contributed by atoms with van der Waals surface area (Å²) in [6, 6.07) is 8.62. The Morgan fingerprint density at radius 2 is 2.16 bits per heavy atom. The van der Waals surface area contributed by atoms with Gasteiger partial charge in [0.2, 0.25) is 0 Å². The maximum atomic E-state index is 9.71. The second-order valence-electron chi connectivity index (χ2n) is 5.68. The minimum atomic E-state index is -1.03. The number of ether oxygens (including phenoxy) is 1. The summed E-state index contributed by atoms with van der Waals surface area (Å²) >= 11 is 0. The molecule has 1 unspecified atom stereocenters. The third kappa shape index (κ3) is 3.69. The molecule has 1 saturated carbocycles. The first kappa shape index (κ1) is 14.3. The minimum Gasteiger partial charge on any atom is -0.497 e. The molecule has 0 aromatic heterocycles. The van der Waals surface area contributed by atoms with Crippen LogP contribution < -0.4 is 10.1 Å². The zero-order valence-corrected chi connectivity index (χ0v) is 11.6. The van der Waals surface area contributed by atoms with E-state index in [0.29, 0.717) is 18.5 Å². The van der Waals surface area contributed by atoms with E-state index in [-0.39, 0.29) is 6.61 Å². The van der Waals surface area contributed by atoms with E-state index >= 15 is 0 Å². The van der Waals surface area contributed by atoms with Crippen molar-refractivity contribution in [3.05, 3.63) is 29.8 Å². The predicted molar refractivity (Wildman–Crippen MR) is 74.5 cm³/mol. The second kappa shape index (κ2) is 5.90. The van der Waals surface area contributed by atoms with E-state index in [1.807, 2.05) is 12.1 Å². The molecule has 0 amide bonds. The Balaban J connectivity index is 1.79. The van der Waals surface area contributed by atoms with Gasteiger partial charge in [0.05, 0.1) is 19.3 Å². The van der Waals surface area contributed by atoms with Crippen molar-refractivity contribution in [1.82, 2.24) is 5.32 Å². The molecule has 2 rings (SSSR count). The summed E-state index contributed by atoms with van der Waals surface area (Å²) in [6.45, 7) is 1.85. The molecule has 1 atom stereocenters. The largest absolute Gasteiger partial charge is 0.497 e. The number of rotatable bonds is 6. The van der Waals surface area contributed by atoms with Gasteiger partial charge in [-0.1, -0.05) is 12.1 Å².